The summed E-state index contributed by atoms with van der Waals surface area (Å²) in [6.07, 6.45) is 6.95. The number of aromatic nitrogens is 3. The van der Waals surface area contributed by atoms with Crippen molar-refractivity contribution in [1.82, 2.24) is 19.4 Å². The predicted molar refractivity (Wildman–Crippen MR) is 107 cm³/mol. The largest absolute Gasteiger partial charge is 0.371 e. The van der Waals surface area contributed by atoms with Gasteiger partial charge in [-0.1, -0.05) is 19.9 Å². The maximum Gasteiger partial charge on any atom is 0.227 e. The van der Waals surface area contributed by atoms with E-state index in [9.17, 15) is 8.42 Å². The monoisotopic (exact) mass is 406 g/mol. The van der Waals surface area contributed by atoms with Gasteiger partial charge in [-0.25, -0.2) is 13.4 Å². The molecule has 0 amide bonds. The van der Waals surface area contributed by atoms with Crippen molar-refractivity contribution in [1.29, 1.82) is 0 Å². The first-order valence-electron chi connectivity index (χ1n) is 9.81. The molecule has 3 heterocycles. The van der Waals surface area contributed by atoms with Gasteiger partial charge in [0, 0.05) is 32.1 Å². The van der Waals surface area contributed by atoms with Crippen LogP contribution in [0.3, 0.4) is 0 Å². The summed E-state index contributed by atoms with van der Waals surface area (Å²) in [4.78, 5) is 10.8. The average Bonchev–Trinajstić information content (AvgIpc) is 3.03. The molecule has 3 rings (SSSR count). The Morgan fingerprint density at radius 3 is 2.79 bits per heavy atom. The van der Waals surface area contributed by atoms with Crippen molar-refractivity contribution in [2.45, 2.75) is 57.6 Å². The minimum absolute atomic E-state index is 0.159. The van der Waals surface area contributed by atoms with Crippen molar-refractivity contribution >= 4 is 9.84 Å². The number of pyridine rings is 1. The van der Waals surface area contributed by atoms with Crippen LogP contribution in [0.4, 0.5) is 0 Å². The SMILES string of the molecule is CC(C)Cn1c(CN2CCCC(OCc3ccccn3)C2)cnc1S(C)(=O)=O. The van der Waals surface area contributed by atoms with Gasteiger partial charge in [-0.05, 0) is 37.4 Å². The second kappa shape index (κ2) is 9.15. The standard InChI is InChI=1S/C20H30N4O3S/c1-16(2)12-24-18(11-22-20(24)28(3,25)26)13-23-10-6-8-19(14-23)27-15-17-7-4-5-9-21-17/h4-5,7,9,11,16,19H,6,8,10,12-15H2,1-3H3. The Hall–Kier alpha value is -1.77. The number of hydrogen-bond acceptors (Lipinski definition) is 6. The van der Waals surface area contributed by atoms with Crippen LogP contribution in [0.1, 0.15) is 38.1 Å². The van der Waals surface area contributed by atoms with Gasteiger partial charge in [-0.3, -0.25) is 9.88 Å². The average molecular weight is 407 g/mol. The zero-order chi connectivity index (χ0) is 20.1. The van der Waals surface area contributed by atoms with E-state index in [0.29, 0.717) is 25.6 Å². The summed E-state index contributed by atoms with van der Waals surface area (Å²) in [5.41, 5.74) is 1.88. The molecule has 0 saturated carbocycles. The Labute approximate surface area is 167 Å². The fourth-order valence-electron chi connectivity index (χ4n) is 3.58. The lowest BCUT2D eigenvalue weighted by molar-refractivity contribution is -0.0138. The van der Waals surface area contributed by atoms with Gasteiger partial charge < -0.3 is 9.30 Å². The normalized spacial score (nSPS) is 18.6. The van der Waals surface area contributed by atoms with E-state index in [1.165, 1.54) is 6.26 Å². The van der Waals surface area contributed by atoms with Crippen LogP contribution in [0, 0.1) is 5.92 Å². The molecule has 0 N–H and O–H groups in total. The van der Waals surface area contributed by atoms with Gasteiger partial charge in [0.15, 0.2) is 0 Å². The van der Waals surface area contributed by atoms with Crippen molar-refractivity contribution in [3.63, 3.8) is 0 Å². The fraction of sp³-hybridized carbons (Fsp3) is 0.600. The summed E-state index contributed by atoms with van der Waals surface area (Å²) in [5.74, 6) is 0.337. The zero-order valence-corrected chi connectivity index (χ0v) is 17.7. The van der Waals surface area contributed by atoms with E-state index in [0.717, 1.165) is 37.3 Å². The van der Waals surface area contributed by atoms with Gasteiger partial charge in [0.2, 0.25) is 15.0 Å². The third-order valence-electron chi connectivity index (χ3n) is 4.82. The molecule has 1 aliphatic rings. The highest BCUT2D eigenvalue weighted by molar-refractivity contribution is 7.90. The quantitative estimate of drug-likeness (QED) is 0.670. The molecular formula is C20H30N4O3S. The molecule has 28 heavy (non-hydrogen) atoms. The van der Waals surface area contributed by atoms with E-state index in [4.69, 9.17) is 4.74 Å². The zero-order valence-electron chi connectivity index (χ0n) is 16.9. The van der Waals surface area contributed by atoms with Crippen LogP contribution >= 0.6 is 0 Å². The van der Waals surface area contributed by atoms with Gasteiger partial charge in [0.25, 0.3) is 0 Å². The highest BCUT2D eigenvalue weighted by atomic mass is 32.2. The number of nitrogens with zero attached hydrogens (tertiary/aromatic N) is 4. The molecule has 1 fully saturated rings. The van der Waals surface area contributed by atoms with Crippen molar-refractivity contribution in [3.8, 4) is 0 Å². The highest BCUT2D eigenvalue weighted by Gasteiger charge is 2.24. The summed E-state index contributed by atoms with van der Waals surface area (Å²) in [7, 11) is -3.35. The maximum atomic E-state index is 12.1. The molecule has 1 saturated heterocycles. The van der Waals surface area contributed by atoms with E-state index in [2.05, 4.69) is 28.7 Å². The van der Waals surface area contributed by atoms with Gasteiger partial charge in [0.05, 0.1) is 30.3 Å². The molecule has 1 unspecified atom stereocenters. The van der Waals surface area contributed by atoms with E-state index in [1.807, 2.05) is 22.8 Å². The molecule has 0 aromatic carbocycles. The Bertz CT molecular complexity index is 865. The van der Waals surface area contributed by atoms with Crippen molar-refractivity contribution in [2.24, 2.45) is 5.92 Å². The maximum absolute atomic E-state index is 12.1. The van der Waals surface area contributed by atoms with Crippen LogP contribution in [0.2, 0.25) is 0 Å². The lowest BCUT2D eigenvalue weighted by atomic mass is 10.1. The molecule has 2 aromatic rings. The van der Waals surface area contributed by atoms with Gasteiger partial charge in [0.1, 0.15) is 0 Å². The van der Waals surface area contributed by atoms with Gasteiger partial charge in [-0.2, -0.15) is 0 Å². The van der Waals surface area contributed by atoms with Crippen LogP contribution in [0.5, 0.6) is 0 Å². The molecule has 2 aromatic heterocycles. The predicted octanol–water partition coefficient (Wildman–Crippen LogP) is 2.52. The van der Waals surface area contributed by atoms with Crippen LogP contribution in [0.15, 0.2) is 35.7 Å². The van der Waals surface area contributed by atoms with Gasteiger partial charge in [-0.15, -0.1) is 0 Å². The molecule has 0 aliphatic carbocycles. The first-order valence-corrected chi connectivity index (χ1v) is 11.7. The molecule has 154 valence electrons. The Morgan fingerprint density at radius 2 is 2.11 bits per heavy atom. The van der Waals surface area contributed by atoms with Crippen LogP contribution in [-0.4, -0.2) is 53.3 Å². The van der Waals surface area contributed by atoms with Crippen molar-refractivity contribution < 1.29 is 13.2 Å². The number of rotatable bonds is 8. The van der Waals surface area contributed by atoms with E-state index in [-0.39, 0.29) is 11.3 Å². The van der Waals surface area contributed by atoms with E-state index in [1.54, 1.807) is 12.4 Å². The third-order valence-corrected chi connectivity index (χ3v) is 5.81. The molecule has 8 heteroatoms. The molecule has 0 bridgehead atoms. The van der Waals surface area contributed by atoms with Gasteiger partial charge >= 0.3 is 0 Å². The van der Waals surface area contributed by atoms with Crippen LogP contribution < -0.4 is 0 Å². The highest BCUT2D eigenvalue weighted by Crippen LogP contribution is 2.20. The molecular weight excluding hydrogens is 376 g/mol. The van der Waals surface area contributed by atoms with E-state index >= 15 is 0 Å². The first-order chi connectivity index (χ1) is 13.3. The fourth-order valence-corrected chi connectivity index (χ4v) is 4.42. The Kier molecular flexibility index (Phi) is 6.85. The lowest BCUT2D eigenvalue weighted by Crippen LogP contribution is -2.39. The van der Waals surface area contributed by atoms with E-state index < -0.39 is 9.84 Å². The molecule has 7 nitrogen and oxygen atoms in total. The van der Waals surface area contributed by atoms with Crippen molar-refractivity contribution in [3.05, 3.63) is 42.0 Å². The van der Waals surface area contributed by atoms with Crippen LogP contribution in [0.25, 0.3) is 0 Å². The summed E-state index contributed by atoms with van der Waals surface area (Å²) >= 11 is 0. The Morgan fingerprint density at radius 1 is 1.29 bits per heavy atom. The lowest BCUT2D eigenvalue weighted by Gasteiger charge is -2.32. The summed E-state index contributed by atoms with van der Waals surface area (Å²) in [6, 6.07) is 5.84. The number of ether oxygens (including phenoxy) is 1. The number of likely N-dealkylation sites (tertiary alicyclic amines) is 1. The summed E-state index contributed by atoms with van der Waals surface area (Å²) in [5, 5.41) is 0.163. The minimum atomic E-state index is -3.35. The summed E-state index contributed by atoms with van der Waals surface area (Å²) in [6.45, 7) is 7.81. The number of imidazole rings is 1. The number of sulfone groups is 1. The number of hydrogen-bond donors (Lipinski definition) is 0. The topological polar surface area (TPSA) is 77.3 Å². The van der Waals surface area contributed by atoms with Crippen LogP contribution in [-0.2, 0) is 34.3 Å². The number of piperidine rings is 1. The molecule has 0 radical (unpaired) electrons. The first kappa shape index (κ1) is 21.0. The molecule has 1 aliphatic heterocycles. The third kappa shape index (κ3) is 5.62. The minimum Gasteiger partial charge on any atom is -0.371 e. The Balaban J connectivity index is 1.65. The second-order valence-corrected chi connectivity index (χ2v) is 9.85. The molecule has 0 spiro atoms. The summed E-state index contributed by atoms with van der Waals surface area (Å²) < 4.78 is 32.1. The van der Waals surface area contributed by atoms with Crippen molar-refractivity contribution in [2.75, 3.05) is 19.3 Å². The molecule has 1 atom stereocenters. The smallest absolute Gasteiger partial charge is 0.227 e. The second-order valence-electron chi connectivity index (χ2n) is 7.94.